The second-order valence-electron chi connectivity index (χ2n) is 6.80. The number of hydrogen-bond donors (Lipinski definition) is 0. The number of halogens is 2. The van der Waals surface area contributed by atoms with Crippen LogP contribution < -0.4 is 0 Å². The van der Waals surface area contributed by atoms with Gasteiger partial charge in [0.15, 0.2) is 15.6 Å². The van der Waals surface area contributed by atoms with E-state index >= 15 is 0 Å². The molecule has 1 aliphatic carbocycles. The van der Waals surface area contributed by atoms with E-state index in [-0.39, 0.29) is 16.6 Å². The van der Waals surface area contributed by atoms with Crippen molar-refractivity contribution in [2.75, 3.05) is 0 Å². The van der Waals surface area contributed by atoms with Gasteiger partial charge < -0.3 is 0 Å². The summed E-state index contributed by atoms with van der Waals surface area (Å²) in [4.78, 5) is 13.3. The molecular weight excluding hydrogens is 415 g/mol. The van der Waals surface area contributed by atoms with Crippen molar-refractivity contribution in [2.24, 2.45) is 5.92 Å². The third-order valence-electron chi connectivity index (χ3n) is 5.07. The lowest BCUT2D eigenvalue weighted by Gasteiger charge is -2.05. The predicted molar refractivity (Wildman–Crippen MR) is 111 cm³/mol. The molecule has 0 saturated heterocycles. The predicted octanol–water partition coefficient (Wildman–Crippen LogP) is 5.43. The molecule has 1 aliphatic rings. The summed E-state index contributed by atoms with van der Waals surface area (Å²) in [6, 6.07) is 21.9. The molecule has 3 atom stereocenters. The van der Waals surface area contributed by atoms with Crippen molar-refractivity contribution in [3.8, 4) is 0 Å². The summed E-state index contributed by atoms with van der Waals surface area (Å²) < 4.78 is 26.5. The maximum absolute atomic E-state index is 13.3. The summed E-state index contributed by atoms with van der Waals surface area (Å²) in [7, 11) is -3.70. The largest absolute Gasteiger partial charge is 0.294 e. The van der Waals surface area contributed by atoms with E-state index in [4.69, 9.17) is 23.2 Å². The average Bonchev–Trinajstić information content (AvgIpc) is 3.46. The van der Waals surface area contributed by atoms with Gasteiger partial charge in [-0.2, -0.15) is 0 Å². The first-order valence-corrected chi connectivity index (χ1v) is 11.0. The Labute approximate surface area is 173 Å². The summed E-state index contributed by atoms with van der Waals surface area (Å²) in [6.07, 6.45) is 0. The molecule has 28 heavy (non-hydrogen) atoms. The molecule has 1 saturated carbocycles. The minimum Gasteiger partial charge on any atom is -0.294 e. The standard InChI is InChI=1S/C22H16Cl2O3S/c23-16-8-6-15(7-9-16)21(25)20-19(14-4-2-1-3-5-14)22(20)28(26,27)18-12-10-17(24)11-13-18/h1-13,19-20,22H/t19-,20-,22+/m1/s1. The van der Waals surface area contributed by atoms with Crippen molar-refractivity contribution in [3.05, 3.63) is 100 Å². The van der Waals surface area contributed by atoms with Crippen LogP contribution in [0.4, 0.5) is 0 Å². The maximum Gasteiger partial charge on any atom is 0.182 e. The van der Waals surface area contributed by atoms with Crippen LogP contribution in [0.25, 0.3) is 0 Å². The molecule has 3 aromatic rings. The Morgan fingerprint density at radius 1 is 0.750 bits per heavy atom. The van der Waals surface area contributed by atoms with Crippen molar-refractivity contribution < 1.29 is 13.2 Å². The Bertz CT molecular complexity index is 1110. The van der Waals surface area contributed by atoms with E-state index in [9.17, 15) is 13.2 Å². The Kier molecular flexibility index (Phi) is 5.04. The van der Waals surface area contributed by atoms with Crippen LogP contribution in [0.2, 0.25) is 10.0 Å². The molecule has 3 aromatic carbocycles. The Morgan fingerprint density at radius 2 is 1.29 bits per heavy atom. The fourth-order valence-electron chi connectivity index (χ4n) is 3.64. The lowest BCUT2D eigenvalue weighted by Crippen LogP contribution is -2.14. The molecule has 142 valence electrons. The van der Waals surface area contributed by atoms with Crippen LogP contribution in [0.15, 0.2) is 83.8 Å². The summed E-state index contributed by atoms with van der Waals surface area (Å²) >= 11 is 11.8. The molecule has 0 radical (unpaired) electrons. The number of carbonyl (C=O) groups is 1. The zero-order chi connectivity index (χ0) is 19.9. The molecule has 0 unspecified atom stereocenters. The molecule has 0 bridgehead atoms. The zero-order valence-corrected chi connectivity index (χ0v) is 17.0. The van der Waals surface area contributed by atoms with Gasteiger partial charge in [-0.1, -0.05) is 53.5 Å². The van der Waals surface area contributed by atoms with Crippen LogP contribution in [0.1, 0.15) is 21.8 Å². The quantitative estimate of drug-likeness (QED) is 0.506. The second-order valence-corrected chi connectivity index (χ2v) is 9.78. The van der Waals surface area contributed by atoms with Gasteiger partial charge in [-0.3, -0.25) is 4.79 Å². The van der Waals surface area contributed by atoms with E-state index in [0.29, 0.717) is 15.6 Å². The van der Waals surface area contributed by atoms with Gasteiger partial charge in [0.25, 0.3) is 0 Å². The van der Waals surface area contributed by atoms with Crippen LogP contribution in [0.5, 0.6) is 0 Å². The Balaban J connectivity index is 1.74. The molecule has 0 N–H and O–H groups in total. The van der Waals surface area contributed by atoms with Crippen molar-refractivity contribution >= 4 is 38.8 Å². The molecule has 0 aromatic heterocycles. The molecule has 6 heteroatoms. The van der Waals surface area contributed by atoms with Crippen molar-refractivity contribution in [1.29, 1.82) is 0 Å². The van der Waals surface area contributed by atoms with Gasteiger partial charge >= 0.3 is 0 Å². The van der Waals surface area contributed by atoms with Gasteiger partial charge in [-0.25, -0.2) is 8.42 Å². The van der Waals surface area contributed by atoms with E-state index < -0.39 is 21.0 Å². The van der Waals surface area contributed by atoms with Gasteiger partial charge in [0.2, 0.25) is 0 Å². The highest BCUT2D eigenvalue weighted by atomic mass is 35.5. The van der Waals surface area contributed by atoms with Gasteiger partial charge in [-0.05, 0) is 54.1 Å². The van der Waals surface area contributed by atoms with E-state index in [1.54, 1.807) is 36.4 Å². The Hall–Kier alpha value is -2.14. The Morgan fingerprint density at radius 3 is 1.86 bits per heavy atom. The van der Waals surface area contributed by atoms with Crippen LogP contribution in [0.3, 0.4) is 0 Å². The van der Waals surface area contributed by atoms with Crippen LogP contribution in [-0.4, -0.2) is 19.5 Å². The number of benzene rings is 3. The monoisotopic (exact) mass is 430 g/mol. The van der Waals surface area contributed by atoms with Crippen LogP contribution in [-0.2, 0) is 9.84 Å². The molecule has 0 amide bonds. The molecule has 4 rings (SSSR count). The van der Waals surface area contributed by atoms with Gasteiger partial charge in [0, 0.05) is 27.4 Å². The van der Waals surface area contributed by atoms with E-state index in [1.165, 1.54) is 12.1 Å². The first-order valence-electron chi connectivity index (χ1n) is 8.74. The SMILES string of the molecule is O=C(c1ccc(Cl)cc1)[C@H]1[C@@H](c2ccccc2)[C@@H]1S(=O)(=O)c1ccc(Cl)cc1. The highest BCUT2D eigenvalue weighted by Crippen LogP contribution is 2.55. The number of ketones is 1. The lowest BCUT2D eigenvalue weighted by molar-refractivity contribution is 0.0965. The fourth-order valence-corrected chi connectivity index (χ4v) is 6.02. The second kappa shape index (κ2) is 7.36. The first-order chi connectivity index (χ1) is 13.4. The molecule has 3 nitrogen and oxygen atoms in total. The molecular formula is C22H16Cl2O3S. The first kappa shape index (κ1) is 19.2. The number of rotatable bonds is 5. The molecule has 1 fully saturated rings. The van der Waals surface area contributed by atoms with Gasteiger partial charge in [0.05, 0.1) is 10.1 Å². The third-order valence-corrected chi connectivity index (χ3v) is 7.81. The minimum atomic E-state index is -3.70. The van der Waals surface area contributed by atoms with Crippen molar-refractivity contribution in [3.63, 3.8) is 0 Å². The molecule has 0 spiro atoms. The maximum atomic E-state index is 13.3. The van der Waals surface area contributed by atoms with Gasteiger partial charge in [-0.15, -0.1) is 0 Å². The van der Waals surface area contributed by atoms with Gasteiger partial charge in [0.1, 0.15) is 0 Å². The lowest BCUT2D eigenvalue weighted by atomic mass is 10.0. The van der Waals surface area contributed by atoms with Crippen LogP contribution in [0, 0.1) is 5.92 Å². The van der Waals surface area contributed by atoms with Crippen molar-refractivity contribution in [2.45, 2.75) is 16.1 Å². The fraction of sp³-hybridized carbons (Fsp3) is 0.136. The highest BCUT2D eigenvalue weighted by Gasteiger charge is 2.62. The number of hydrogen-bond acceptors (Lipinski definition) is 3. The minimum absolute atomic E-state index is 0.175. The molecule has 0 aliphatic heterocycles. The van der Waals surface area contributed by atoms with E-state index in [0.717, 1.165) is 5.56 Å². The van der Waals surface area contributed by atoms with Crippen molar-refractivity contribution in [1.82, 2.24) is 0 Å². The molecule has 0 heterocycles. The summed E-state index contributed by atoms with van der Waals surface area (Å²) in [5.41, 5.74) is 1.31. The van der Waals surface area contributed by atoms with E-state index in [2.05, 4.69) is 0 Å². The third kappa shape index (κ3) is 3.48. The normalized spacial score (nSPS) is 21.3. The number of sulfone groups is 1. The van der Waals surface area contributed by atoms with E-state index in [1.807, 2.05) is 30.3 Å². The number of Topliss-reactive ketones (excluding diaryl/α,β-unsaturated/α-hetero) is 1. The highest BCUT2D eigenvalue weighted by molar-refractivity contribution is 7.92. The average molecular weight is 431 g/mol. The van der Waals surface area contributed by atoms with Crippen LogP contribution >= 0.6 is 23.2 Å². The smallest absolute Gasteiger partial charge is 0.182 e. The zero-order valence-electron chi connectivity index (χ0n) is 14.6. The number of carbonyl (C=O) groups excluding carboxylic acids is 1. The summed E-state index contributed by atoms with van der Waals surface area (Å²) in [6.45, 7) is 0. The topological polar surface area (TPSA) is 51.2 Å². The summed E-state index contributed by atoms with van der Waals surface area (Å²) in [5.74, 6) is -1.21. The summed E-state index contributed by atoms with van der Waals surface area (Å²) in [5, 5.41) is 0.180.